The number of amides is 1. The van der Waals surface area contributed by atoms with Crippen molar-refractivity contribution in [2.45, 2.75) is 38.2 Å². The molecule has 0 spiro atoms. The smallest absolute Gasteiger partial charge is 0.235 e. The van der Waals surface area contributed by atoms with Crippen LogP contribution in [0.3, 0.4) is 0 Å². The summed E-state index contributed by atoms with van der Waals surface area (Å²) in [5.74, 6) is 0.311. The van der Waals surface area contributed by atoms with E-state index in [1.807, 2.05) is 38.1 Å². The Bertz CT molecular complexity index is 432. The average Bonchev–Trinajstić information content (AvgIpc) is 2.35. The van der Waals surface area contributed by atoms with Gasteiger partial charge in [0, 0.05) is 23.1 Å². The first-order chi connectivity index (χ1) is 8.54. The minimum absolute atomic E-state index is 0.122. The van der Waals surface area contributed by atoms with Crippen molar-refractivity contribution >= 4 is 16.7 Å². The van der Waals surface area contributed by atoms with Gasteiger partial charge in [-0.25, -0.2) is 0 Å². The summed E-state index contributed by atoms with van der Waals surface area (Å²) in [6.45, 7) is 6.36. The van der Waals surface area contributed by atoms with Crippen LogP contribution in [0.2, 0.25) is 0 Å². The van der Waals surface area contributed by atoms with E-state index in [0.717, 1.165) is 17.5 Å². The molecule has 0 aliphatic rings. The molecule has 0 bridgehead atoms. The van der Waals surface area contributed by atoms with Crippen LogP contribution in [0.5, 0.6) is 0 Å². The Morgan fingerprint density at radius 2 is 2.17 bits per heavy atom. The maximum atomic E-state index is 12.1. The molecular weight excluding hydrogens is 246 g/mol. The maximum absolute atomic E-state index is 12.1. The van der Waals surface area contributed by atoms with Gasteiger partial charge in [0.05, 0.1) is 0 Å². The van der Waals surface area contributed by atoms with E-state index in [1.165, 1.54) is 0 Å². The van der Waals surface area contributed by atoms with Crippen LogP contribution < -0.4 is 5.32 Å². The van der Waals surface area contributed by atoms with Gasteiger partial charge >= 0.3 is 0 Å². The van der Waals surface area contributed by atoms with Gasteiger partial charge < -0.3 is 5.32 Å². The molecule has 1 aromatic rings. The van der Waals surface area contributed by atoms with E-state index in [1.54, 1.807) is 6.92 Å². The quantitative estimate of drug-likeness (QED) is 0.858. The second-order valence-electron chi connectivity index (χ2n) is 4.45. The third kappa shape index (κ3) is 4.61. The predicted molar refractivity (Wildman–Crippen MR) is 75.8 cm³/mol. The van der Waals surface area contributed by atoms with Gasteiger partial charge in [-0.2, -0.15) is 0 Å². The van der Waals surface area contributed by atoms with E-state index < -0.39 is 16.0 Å². The van der Waals surface area contributed by atoms with Crippen molar-refractivity contribution in [1.82, 2.24) is 5.32 Å². The minimum Gasteiger partial charge on any atom is -0.355 e. The van der Waals surface area contributed by atoms with Crippen LogP contribution in [0, 0.1) is 6.92 Å². The topological polar surface area (TPSA) is 46.2 Å². The lowest BCUT2D eigenvalue weighted by Gasteiger charge is -2.12. The molecule has 3 nitrogen and oxygen atoms in total. The van der Waals surface area contributed by atoms with Crippen LogP contribution in [0.4, 0.5) is 0 Å². The van der Waals surface area contributed by atoms with Crippen molar-refractivity contribution in [3.05, 3.63) is 35.4 Å². The predicted octanol–water partition coefficient (Wildman–Crippen LogP) is 2.16. The first kappa shape index (κ1) is 14.9. The molecule has 0 aromatic heterocycles. The number of hydrogen-bond donors (Lipinski definition) is 1. The molecule has 0 saturated heterocycles. The highest BCUT2D eigenvalue weighted by Gasteiger charge is 2.19. The summed E-state index contributed by atoms with van der Waals surface area (Å²) in [5, 5.41) is 2.32. The highest BCUT2D eigenvalue weighted by Crippen LogP contribution is 2.09. The fourth-order valence-corrected chi connectivity index (χ4v) is 2.68. The van der Waals surface area contributed by atoms with E-state index in [9.17, 15) is 9.00 Å². The molecule has 0 fully saturated rings. The van der Waals surface area contributed by atoms with Crippen LogP contribution in [0.1, 0.15) is 31.4 Å². The number of rotatable bonds is 6. The molecule has 1 rings (SSSR count). The number of carbonyl (C=O) groups excluding carboxylic acids is 1. The molecule has 100 valence electrons. The van der Waals surface area contributed by atoms with E-state index in [0.29, 0.717) is 12.3 Å². The van der Waals surface area contributed by atoms with Gasteiger partial charge in [-0.05, 0) is 25.8 Å². The van der Waals surface area contributed by atoms with Gasteiger partial charge in [0.25, 0.3) is 0 Å². The maximum Gasteiger partial charge on any atom is 0.235 e. The largest absolute Gasteiger partial charge is 0.355 e. The molecule has 0 aliphatic heterocycles. The van der Waals surface area contributed by atoms with Gasteiger partial charge in [-0.15, -0.1) is 0 Å². The van der Waals surface area contributed by atoms with Crippen molar-refractivity contribution in [3.63, 3.8) is 0 Å². The van der Waals surface area contributed by atoms with Crippen molar-refractivity contribution in [3.8, 4) is 0 Å². The van der Waals surface area contributed by atoms with Crippen LogP contribution >= 0.6 is 0 Å². The minimum atomic E-state index is -1.17. The number of nitrogens with one attached hydrogen (secondary N) is 1. The first-order valence-corrected chi connectivity index (χ1v) is 7.63. The highest BCUT2D eigenvalue weighted by molar-refractivity contribution is 7.85. The van der Waals surface area contributed by atoms with Crippen LogP contribution in [-0.4, -0.2) is 21.9 Å². The lowest BCUT2D eigenvalue weighted by atomic mass is 10.2. The molecule has 0 aliphatic carbocycles. The monoisotopic (exact) mass is 267 g/mol. The second kappa shape index (κ2) is 7.31. The van der Waals surface area contributed by atoms with E-state index in [-0.39, 0.29) is 5.91 Å². The summed E-state index contributed by atoms with van der Waals surface area (Å²) in [5.41, 5.74) is 2.16. The molecular formula is C14H21NO2S. The highest BCUT2D eigenvalue weighted by atomic mass is 32.2. The number of benzene rings is 1. The van der Waals surface area contributed by atoms with E-state index >= 15 is 0 Å². The Kier molecular flexibility index (Phi) is 6.05. The average molecular weight is 267 g/mol. The SMILES string of the molecule is CCCNC(=O)[C@@H](C)[S@@](=O)Cc1cccc(C)c1. The molecule has 2 atom stereocenters. The summed E-state index contributed by atoms with van der Waals surface area (Å²) >= 11 is 0. The third-order valence-electron chi connectivity index (χ3n) is 2.70. The van der Waals surface area contributed by atoms with E-state index in [4.69, 9.17) is 0 Å². The van der Waals surface area contributed by atoms with Gasteiger partial charge in [-0.1, -0.05) is 36.8 Å². The molecule has 0 saturated carbocycles. The van der Waals surface area contributed by atoms with Crippen LogP contribution in [0.15, 0.2) is 24.3 Å². The summed E-state index contributed by atoms with van der Waals surface area (Å²) in [4.78, 5) is 11.7. The van der Waals surface area contributed by atoms with E-state index in [2.05, 4.69) is 5.32 Å². The van der Waals surface area contributed by atoms with Crippen molar-refractivity contribution in [1.29, 1.82) is 0 Å². The zero-order valence-corrected chi connectivity index (χ0v) is 12.0. The van der Waals surface area contributed by atoms with Gasteiger partial charge in [0.15, 0.2) is 0 Å². The van der Waals surface area contributed by atoms with Gasteiger partial charge in [0.1, 0.15) is 5.25 Å². The Hall–Kier alpha value is -1.16. The summed E-state index contributed by atoms with van der Waals surface area (Å²) < 4.78 is 12.1. The zero-order valence-electron chi connectivity index (χ0n) is 11.2. The first-order valence-electron chi connectivity index (χ1n) is 6.25. The van der Waals surface area contributed by atoms with Crippen LogP contribution in [-0.2, 0) is 21.3 Å². The fourth-order valence-electron chi connectivity index (χ4n) is 1.60. The Balaban J connectivity index is 2.57. The number of aryl methyl sites for hydroxylation is 1. The van der Waals surface area contributed by atoms with Crippen molar-refractivity contribution < 1.29 is 9.00 Å². The molecule has 0 unspecified atom stereocenters. The Labute approximate surface area is 111 Å². The summed E-state index contributed by atoms with van der Waals surface area (Å²) in [7, 11) is -1.17. The summed E-state index contributed by atoms with van der Waals surface area (Å²) in [6.07, 6.45) is 0.892. The van der Waals surface area contributed by atoms with Crippen molar-refractivity contribution in [2.75, 3.05) is 6.54 Å². The Morgan fingerprint density at radius 3 is 2.78 bits per heavy atom. The number of carbonyl (C=O) groups is 1. The normalized spacial score (nSPS) is 13.9. The number of hydrogen-bond acceptors (Lipinski definition) is 2. The van der Waals surface area contributed by atoms with Crippen molar-refractivity contribution in [2.24, 2.45) is 0 Å². The molecule has 18 heavy (non-hydrogen) atoms. The lowest BCUT2D eigenvalue weighted by Crippen LogP contribution is -2.36. The molecule has 0 heterocycles. The lowest BCUT2D eigenvalue weighted by molar-refractivity contribution is -0.120. The molecule has 1 amide bonds. The Morgan fingerprint density at radius 1 is 1.44 bits per heavy atom. The summed E-state index contributed by atoms with van der Waals surface area (Å²) in [6, 6.07) is 7.91. The van der Waals surface area contributed by atoms with Gasteiger partial charge in [-0.3, -0.25) is 9.00 Å². The second-order valence-corrected chi connectivity index (χ2v) is 6.20. The van der Waals surface area contributed by atoms with Crippen LogP contribution in [0.25, 0.3) is 0 Å². The zero-order chi connectivity index (χ0) is 13.5. The molecule has 1 aromatic carbocycles. The molecule has 0 radical (unpaired) electrons. The van der Waals surface area contributed by atoms with Gasteiger partial charge in [0.2, 0.25) is 5.91 Å². The fraction of sp³-hybridized carbons (Fsp3) is 0.500. The molecule has 4 heteroatoms. The molecule has 1 N–H and O–H groups in total. The standard InChI is InChI=1S/C14H21NO2S/c1-4-8-15-14(16)12(3)18(17)10-13-7-5-6-11(2)9-13/h5-7,9,12H,4,8,10H2,1-3H3,(H,15,16)/t12-,18+/m1/s1. The third-order valence-corrected chi connectivity index (χ3v) is 4.32.